The second kappa shape index (κ2) is 36.5. The molecule has 0 bridgehead atoms. The summed E-state index contributed by atoms with van der Waals surface area (Å²) in [7, 11) is 0. The second-order valence-electron chi connectivity index (χ2n) is 23.7. The van der Waals surface area contributed by atoms with Gasteiger partial charge in [0.05, 0.1) is 73.8 Å². The lowest BCUT2D eigenvalue weighted by atomic mass is 10.0. The molecule has 12 nitrogen and oxygen atoms in total. The first kappa shape index (κ1) is 68.7. The number of hydrogen-bond acceptors (Lipinski definition) is 12. The van der Waals surface area contributed by atoms with Crippen LogP contribution < -0.4 is 28.4 Å². The summed E-state index contributed by atoms with van der Waals surface area (Å²) in [5.41, 5.74) is 12.9. The molecule has 492 valence electrons. The summed E-state index contributed by atoms with van der Waals surface area (Å²) < 4.78 is 36.3. The van der Waals surface area contributed by atoms with E-state index in [0.29, 0.717) is 57.1 Å². The van der Waals surface area contributed by atoms with Crippen LogP contribution in [0.15, 0.2) is 233 Å². The van der Waals surface area contributed by atoms with Crippen LogP contribution in [0.4, 0.5) is 17.1 Å². The van der Waals surface area contributed by atoms with Crippen molar-refractivity contribution in [3.8, 4) is 68.7 Å². The fourth-order valence-corrected chi connectivity index (χ4v) is 10.4. The number of nitrogens with zero attached hydrogens (tertiary/aromatic N) is 6. The molecule has 0 saturated carbocycles. The Morgan fingerprint density at radius 3 is 0.552 bits per heavy atom. The molecule has 0 radical (unpaired) electrons. The van der Waals surface area contributed by atoms with Crippen LogP contribution in [-0.2, 0) is 0 Å². The summed E-state index contributed by atoms with van der Waals surface area (Å²) >= 11 is 0. The van der Waals surface area contributed by atoms with Gasteiger partial charge in [-0.2, -0.15) is 0 Å². The number of ether oxygens (including phenoxy) is 6. The zero-order valence-electron chi connectivity index (χ0n) is 56.6. The van der Waals surface area contributed by atoms with Crippen molar-refractivity contribution in [3.63, 3.8) is 0 Å². The van der Waals surface area contributed by atoms with Gasteiger partial charge in [-0.05, 0) is 257 Å². The molecule has 1 heterocycles. The zero-order valence-corrected chi connectivity index (χ0v) is 56.6. The van der Waals surface area contributed by atoms with Gasteiger partial charge in [0, 0.05) is 50.1 Å². The van der Waals surface area contributed by atoms with Gasteiger partial charge in [-0.15, -0.1) is 0 Å². The molecule has 12 heteroatoms. The highest BCUT2D eigenvalue weighted by Gasteiger charge is 2.17. The Morgan fingerprint density at radius 1 is 0.229 bits per heavy atom. The molecule has 9 aromatic carbocycles. The van der Waals surface area contributed by atoms with Gasteiger partial charge in [0.15, 0.2) is 17.5 Å². The Kier molecular flexibility index (Phi) is 26.1. The molecule has 0 unspecified atom stereocenters. The third-order valence-corrected chi connectivity index (χ3v) is 16.1. The lowest BCUT2D eigenvalue weighted by molar-refractivity contribution is 0.309. The van der Waals surface area contributed by atoms with Crippen LogP contribution in [0, 0.1) is 0 Å². The van der Waals surface area contributed by atoms with E-state index in [0.717, 1.165) is 196 Å². The van der Waals surface area contributed by atoms with Crippen molar-refractivity contribution >= 4 is 34.2 Å². The van der Waals surface area contributed by atoms with E-state index in [4.69, 9.17) is 58.4 Å². The molecule has 0 saturated heterocycles. The summed E-state index contributed by atoms with van der Waals surface area (Å²) in [6, 6.07) is 73.3. The van der Waals surface area contributed by atoms with Crippen LogP contribution in [0.5, 0.6) is 34.5 Å². The van der Waals surface area contributed by atoms with Crippen molar-refractivity contribution in [3.05, 3.63) is 252 Å². The fourth-order valence-electron chi connectivity index (χ4n) is 10.4. The van der Waals surface area contributed by atoms with Crippen LogP contribution in [-0.4, -0.2) is 71.7 Å². The standard InChI is InChI=1S/C84H90N6O6/c1-7-13-55-91-73-43-25-61(26-44-73)79(62-27-45-74(46-28-62)92-56-14-8-2)85-70-37-19-67(20-38-70)82-88-83(68-21-39-71(40-22-68)86-80(63-29-47-75(48-30-63)93-57-15-9-3)64-31-49-76(50-32-64)94-58-16-10-4)90-84(89-82)69-23-41-72(42-24-69)87-81(65-33-51-77(52-34-65)95-59-17-11-5)66-35-53-78(54-36-66)96-60-18-12-6/h19-54H,7-18,55-60H2,1-6H3. The molecular formula is C84H90N6O6. The highest BCUT2D eigenvalue weighted by Crippen LogP contribution is 2.32. The van der Waals surface area contributed by atoms with E-state index in [-0.39, 0.29) is 0 Å². The number of hydrogen-bond donors (Lipinski definition) is 0. The molecule has 0 spiro atoms. The van der Waals surface area contributed by atoms with Crippen LogP contribution >= 0.6 is 0 Å². The minimum atomic E-state index is 0.505. The van der Waals surface area contributed by atoms with Crippen LogP contribution in [0.3, 0.4) is 0 Å². The molecule has 96 heavy (non-hydrogen) atoms. The molecular weight excluding hydrogens is 1190 g/mol. The van der Waals surface area contributed by atoms with Gasteiger partial charge in [-0.1, -0.05) is 80.1 Å². The van der Waals surface area contributed by atoms with Crippen molar-refractivity contribution < 1.29 is 28.4 Å². The monoisotopic (exact) mass is 1280 g/mol. The van der Waals surface area contributed by atoms with Gasteiger partial charge >= 0.3 is 0 Å². The van der Waals surface area contributed by atoms with Crippen molar-refractivity contribution in [2.75, 3.05) is 39.6 Å². The lowest BCUT2D eigenvalue weighted by Crippen LogP contribution is -2.04. The number of aromatic nitrogens is 3. The third kappa shape index (κ3) is 19.9. The molecule has 0 aliphatic rings. The summed E-state index contributed by atoms with van der Waals surface area (Å²) in [6.45, 7) is 17.0. The molecule has 10 aromatic rings. The average molecular weight is 1280 g/mol. The average Bonchev–Trinajstić information content (AvgIpc) is 0.857. The maximum Gasteiger partial charge on any atom is 0.164 e. The zero-order chi connectivity index (χ0) is 66.5. The predicted octanol–water partition coefficient (Wildman–Crippen LogP) is 21.5. The molecule has 0 aliphatic carbocycles. The van der Waals surface area contributed by atoms with Gasteiger partial charge in [-0.3, -0.25) is 0 Å². The molecule has 0 amide bonds. The number of rotatable bonds is 36. The summed E-state index contributed by atoms with van der Waals surface area (Å²) in [6.07, 6.45) is 12.4. The quantitative estimate of drug-likeness (QED) is 0.0278. The normalized spacial score (nSPS) is 10.9. The maximum atomic E-state index is 6.05. The topological polar surface area (TPSA) is 131 Å². The molecule has 0 fully saturated rings. The Hall–Kier alpha value is -10.2. The summed E-state index contributed by atoms with van der Waals surface area (Å²) in [4.78, 5) is 31.6. The number of benzene rings is 9. The van der Waals surface area contributed by atoms with E-state index in [1.165, 1.54) is 0 Å². The maximum absolute atomic E-state index is 6.05. The SMILES string of the molecule is CCCCOc1ccc(C(=Nc2ccc(-c3nc(-c4ccc(N=C(c5ccc(OCCCC)cc5)c5ccc(OCCCC)cc5)cc4)nc(-c4ccc(N=C(c5ccc(OCCCC)cc5)c5ccc(OCCCC)cc5)cc4)n3)cc2)c2ccc(OCCCC)cc2)cc1. The van der Waals surface area contributed by atoms with Crippen LogP contribution in [0.2, 0.25) is 0 Å². The number of unbranched alkanes of at least 4 members (excludes halogenated alkanes) is 6. The fraction of sp³-hybridized carbons (Fsp3) is 0.286. The third-order valence-electron chi connectivity index (χ3n) is 16.1. The van der Waals surface area contributed by atoms with E-state index in [1.54, 1.807) is 0 Å². The molecule has 10 rings (SSSR count). The molecule has 0 N–H and O–H groups in total. The summed E-state index contributed by atoms with van der Waals surface area (Å²) in [5, 5.41) is 0. The van der Waals surface area contributed by atoms with Crippen molar-refractivity contribution in [2.24, 2.45) is 15.0 Å². The Balaban J connectivity index is 1.02. The molecule has 0 aliphatic heterocycles. The van der Waals surface area contributed by atoms with Gasteiger partial charge in [0.25, 0.3) is 0 Å². The van der Waals surface area contributed by atoms with E-state index in [1.807, 2.05) is 146 Å². The van der Waals surface area contributed by atoms with Crippen molar-refractivity contribution in [1.82, 2.24) is 15.0 Å². The van der Waals surface area contributed by atoms with E-state index < -0.39 is 0 Å². The largest absolute Gasteiger partial charge is 0.494 e. The van der Waals surface area contributed by atoms with Gasteiger partial charge < -0.3 is 28.4 Å². The van der Waals surface area contributed by atoms with Gasteiger partial charge in [0.1, 0.15) is 34.5 Å². The van der Waals surface area contributed by atoms with E-state index >= 15 is 0 Å². The van der Waals surface area contributed by atoms with Crippen LogP contribution in [0.1, 0.15) is 152 Å². The van der Waals surface area contributed by atoms with E-state index in [2.05, 4.69) is 114 Å². The second-order valence-corrected chi connectivity index (χ2v) is 23.7. The Morgan fingerprint density at radius 2 is 0.396 bits per heavy atom. The Labute approximate surface area is 568 Å². The van der Waals surface area contributed by atoms with Crippen molar-refractivity contribution in [2.45, 2.75) is 119 Å². The number of aliphatic imine (C=N–C) groups is 3. The molecule has 1 aromatic heterocycles. The Bertz CT molecular complexity index is 3460. The minimum absolute atomic E-state index is 0.505. The lowest BCUT2D eigenvalue weighted by Gasteiger charge is -2.12. The minimum Gasteiger partial charge on any atom is -0.494 e. The highest BCUT2D eigenvalue weighted by atomic mass is 16.5. The van der Waals surface area contributed by atoms with Crippen molar-refractivity contribution in [1.29, 1.82) is 0 Å². The first-order chi connectivity index (χ1) is 47.3. The predicted molar refractivity (Wildman–Crippen MR) is 393 cm³/mol. The first-order valence-electron chi connectivity index (χ1n) is 34.5. The first-order valence-corrected chi connectivity index (χ1v) is 34.5. The smallest absolute Gasteiger partial charge is 0.164 e. The summed E-state index contributed by atoms with van der Waals surface area (Å²) in [5.74, 6) is 6.49. The van der Waals surface area contributed by atoms with Gasteiger partial charge in [0.2, 0.25) is 0 Å². The van der Waals surface area contributed by atoms with Crippen LogP contribution in [0.25, 0.3) is 34.2 Å². The highest BCUT2D eigenvalue weighted by molar-refractivity contribution is 6.15. The van der Waals surface area contributed by atoms with Gasteiger partial charge in [-0.25, -0.2) is 29.9 Å². The van der Waals surface area contributed by atoms with E-state index in [9.17, 15) is 0 Å². The molecule has 0 atom stereocenters.